The van der Waals surface area contributed by atoms with Crippen LogP contribution in [0.2, 0.25) is 0 Å². The maximum atomic E-state index is 12.0. The number of unbranched alkanes of at least 4 members (excludes halogenated alkanes) is 3. The van der Waals surface area contributed by atoms with Crippen LogP contribution in [0, 0.1) is 0 Å². The molecule has 6 nitrogen and oxygen atoms in total. The van der Waals surface area contributed by atoms with Gasteiger partial charge in [0.05, 0.1) is 18.4 Å². The summed E-state index contributed by atoms with van der Waals surface area (Å²) in [7, 11) is 0. The van der Waals surface area contributed by atoms with Gasteiger partial charge in [0.2, 0.25) is 0 Å². The number of nitrogens with one attached hydrogen (secondary N) is 2. The SMILES string of the molecule is CCCCCCOC(=O)c1ccc(NC(=S)NC(=O)c2ccco2)cc1. The lowest BCUT2D eigenvalue weighted by Crippen LogP contribution is -2.33. The van der Waals surface area contributed by atoms with Gasteiger partial charge in [0, 0.05) is 5.69 Å². The Kier molecular flexibility index (Phi) is 7.82. The van der Waals surface area contributed by atoms with Crippen LogP contribution >= 0.6 is 12.2 Å². The highest BCUT2D eigenvalue weighted by Crippen LogP contribution is 2.11. The second kappa shape index (κ2) is 10.4. The molecule has 1 heterocycles. The summed E-state index contributed by atoms with van der Waals surface area (Å²) in [5, 5.41) is 5.52. The second-order valence-corrected chi connectivity index (χ2v) is 6.07. The minimum absolute atomic E-state index is 0.137. The Balaban J connectivity index is 1.78. The molecule has 0 spiro atoms. The smallest absolute Gasteiger partial charge is 0.338 e. The monoisotopic (exact) mass is 374 g/mol. The molecule has 0 radical (unpaired) electrons. The Bertz CT molecular complexity index is 727. The van der Waals surface area contributed by atoms with E-state index < -0.39 is 5.91 Å². The molecule has 1 amide bonds. The van der Waals surface area contributed by atoms with E-state index >= 15 is 0 Å². The Morgan fingerprint density at radius 2 is 1.88 bits per heavy atom. The number of rotatable bonds is 8. The molecule has 0 saturated carbocycles. The van der Waals surface area contributed by atoms with Crippen LogP contribution in [-0.4, -0.2) is 23.6 Å². The van der Waals surface area contributed by atoms with Crippen molar-refractivity contribution in [1.29, 1.82) is 0 Å². The molecular formula is C19H22N2O4S. The van der Waals surface area contributed by atoms with Crippen LogP contribution in [0.1, 0.15) is 53.5 Å². The number of furan rings is 1. The van der Waals surface area contributed by atoms with Crippen molar-refractivity contribution in [2.45, 2.75) is 32.6 Å². The van der Waals surface area contributed by atoms with Crippen LogP contribution in [0.5, 0.6) is 0 Å². The molecule has 26 heavy (non-hydrogen) atoms. The molecule has 138 valence electrons. The average Bonchev–Trinajstić information content (AvgIpc) is 3.16. The third-order valence-corrected chi connectivity index (χ3v) is 3.79. The molecule has 0 fully saturated rings. The summed E-state index contributed by atoms with van der Waals surface area (Å²) in [5.41, 5.74) is 1.12. The van der Waals surface area contributed by atoms with Crippen LogP contribution in [0.4, 0.5) is 5.69 Å². The number of thiocarbonyl (C=S) groups is 1. The molecule has 7 heteroatoms. The topological polar surface area (TPSA) is 80.6 Å². The Hall–Kier alpha value is -2.67. The summed E-state index contributed by atoms with van der Waals surface area (Å²) in [6.45, 7) is 2.57. The molecule has 0 atom stereocenters. The summed E-state index contributed by atoms with van der Waals surface area (Å²) in [5.74, 6) is -0.608. The molecule has 0 saturated heterocycles. The summed E-state index contributed by atoms with van der Waals surface area (Å²) in [4.78, 5) is 23.8. The van der Waals surface area contributed by atoms with E-state index in [-0.39, 0.29) is 16.8 Å². The molecule has 1 aromatic carbocycles. The van der Waals surface area contributed by atoms with Crippen LogP contribution in [0.25, 0.3) is 0 Å². The predicted octanol–water partition coefficient (Wildman–Crippen LogP) is 4.14. The van der Waals surface area contributed by atoms with Crippen molar-refractivity contribution in [3.63, 3.8) is 0 Å². The zero-order valence-corrected chi connectivity index (χ0v) is 15.4. The number of ether oxygens (including phenoxy) is 1. The maximum absolute atomic E-state index is 12.0. The Morgan fingerprint density at radius 1 is 1.12 bits per heavy atom. The molecular weight excluding hydrogens is 352 g/mol. The summed E-state index contributed by atoms with van der Waals surface area (Å²) in [6.07, 6.45) is 5.64. The number of carbonyl (C=O) groups excluding carboxylic acids is 2. The first-order chi connectivity index (χ1) is 12.6. The van der Waals surface area contributed by atoms with E-state index in [1.165, 1.54) is 6.26 Å². The molecule has 2 aromatic rings. The lowest BCUT2D eigenvalue weighted by Gasteiger charge is -2.09. The number of esters is 1. The highest BCUT2D eigenvalue weighted by Gasteiger charge is 2.11. The van der Waals surface area contributed by atoms with Crippen LogP contribution in [0.3, 0.4) is 0 Å². The standard InChI is InChI=1S/C19H22N2O4S/c1-2-3-4-5-12-25-18(23)14-8-10-15(11-9-14)20-19(26)21-17(22)16-7-6-13-24-16/h6-11,13H,2-5,12H2,1H3,(H2,20,21,22,26). The first-order valence-corrected chi connectivity index (χ1v) is 8.94. The number of carbonyl (C=O) groups is 2. The third-order valence-electron chi connectivity index (χ3n) is 3.58. The molecule has 0 aliphatic carbocycles. The van der Waals surface area contributed by atoms with E-state index in [4.69, 9.17) is 21.4 Å². The van der Waals surface area contributed by atoms with Gasteiger partial charge in [0.25, 0.3) is 5.91 Å². The number of anilines is 1. The normalized spacial score (nSPS) is 10.2. The fraction of sp³-hybridized carbons (Fsp3) is 0.316. The molecule has 1 aromatic heterocycles. The van der Waals surface area contributed by atoms with Crippen LogP contribution in [0.15, 0.2) is 47.1 Å². The van der Waals surface area contributed by atoms with Gasteiger partial charge in [-0.3, -0.25) is 10.1 Å². The van der Waals surface area contributed by atoms with Crippen molar-refractivity contribution in [3.8, 4) is 0 Å². The largest absolute Gasteiger partial charge is 0.462 e. The fourth-order valence-corrected chi connectivity index (χ4v) is 2.41. The van der Waals surface area contributed by atoms with Crippen molar-refractivity contribution in [1.82, 2.24) is 5.32 Å². The summed E-state index contributed by atoms with van der Waals surface area (Å²) < 4.78 is 10.2. The van der Waals surface area contributed by atoms with Gasteiger partial charge in [-0.2, -0.15) is 0 Å². The molecule has 0 bridgehead atoms. The fourth-order valence-electron chi connectivity index (χ4n) is 2.20. The number of benzene rings is 1. The molecule has 2 rings (SSSR count). The highest BCUT2D eigenvalue weighted by atomic mass is 32.1. The van der Waals surface area contributed by atoms with E-state index in [1.807, 2.05) is 0 Å². The molecule has 2 N–H and O–H groups in total. The number of hydrogen-bond donors (Lipinski definition) is 2. The van der Waals surface area contributed by atoms with Gasteiger partial charge in [-0.05, 0) is 55.0 Å². The lowest BCUT2D eigenvalue weighted by atomic mass is 10.2. The van der Waals surface area contributed by atoms with Crippen molar-refractivity contribution in [2.24, 2.45) is 0 Å². The molecule has 0 unspecified atom stereocenters. The van der Waals surface area contributed by atoms with E-state index in [2.05, 4.69) is 17.6 Å². The van der Waals surface area contributed by atoms with Gasteiger partial charge < -0.3 is 14.5 Å². The number of hydrogen-bond acceptors (Lipinski definition) is 5. The Morgan fingerprint density at radius 3 is 2.54 bits per heavy atom. The van der Waals surface area contributed by atoms with E-state index in [1.54, 1.807) is 36.4 Å². The zero-order chi connectivity index (χ0) is 18.8. The maximum Gasteiger partial charge on any atom is 0.338 e. The molecule has 0 aliphatic heterocycles. The minimum Gasteiger partial charge on any atom is -0.462 e. The van der Waals surface area contributed by atoms with Gasteiger partial charge in [0.1, 0.15) is 0 Å². The van der Waals surface area contributed by atoms with E-state index in [9.17, 15) is 9.59 Å². The van der Waals surface area contributed by atoms with Gasteiger partial charge in [0.15, 0.2) is 10.9 Å². The predicted molar refractivity (Wildman–Crippen MR) is 103 cm³/mol. The van der Waals surface area contributed by atoms with E-state index in [0.29, 0.717) is 17.9 Å². The van der Waals surface area contributed by atoms with Crippen molar-refractivity contribution < 1.29 is 18.7 Å². The minimum atomic E-state index is -0.434. The van der Waals surface area contributed by atoms with Crippen LogP contribution in [-0.2, 0) is 4.74 Å². The van der Waals surface area contributed by atoms with E-state index in [0.717, 1.165) is 25.7 Å². The van der Waals surface area contributed by atoms with Crippen LogP contribution < -0.4 is 10.6 Å². The highest BCUT2D eigenvalue weighted by molar-refractivity contribution is 7.80. The van der Waals surface area contributed by atoms with Crippen molar-refractivity contribution in [2.75, 3.05) is 11.9 Å². The molecule has 0 aliphatic rings. The van der Waals surface area contributed by atoms with Gasteiger partial charge in [-0.25, -0.2) is 4.79 Å². The average molecular weight is 374 g/mol. The second-order valence-electron chi connectivity index (χ2n) is 5.66. The lowest BCUT2D eigenvalue weighted by molar-refractivity contribution is 0.0497. The number of amides is 1. The quantitative estimate of drug-likeness (QED) is 0.411. The van der Waals surface area contributed by atoms with Crippen molar-refractivity contribution in [3.05, 3.63) is 54.0 Å². The Labute approximate surface area is 157 Å². The zero-order valence-electron chi connectivity index (χ0n) is 14.6. The summed E-state index contributed by atoms with van der Waals surface area (Å²) in [6, 6.07) is 9.84. The van der Waals surface area contributed by atoms with Gasteiger partial charge in [-0.15, -0.1) is 0 Å². The summed E-state index contributed by atoms with van der Waals surface area (Å²) >= 11 is 5.09. The van der Waals surface area contributed by atoms with Crippen molar-refractivity contribution >= 4 is 34.9 Å². The third kappa shape index (κ3) is 6.33. The van der Waals surface area contributed by atoms with Gasteiger partial charge in [-0.1, -0.05) is 26.2 Å². The van der Waals surface area contributed by atoms with Gasteiger partial charge >= 0.3 is 5.97 Å². The first-order valence-electron chi connectivity index (χ1n) is 8.53. The first kappa shape index (κ1) is 19.7.